The van der Waals surface area contributed by atoms with E-state index in [0.29, 0.717) is 6.42 Å². The van der Waals surface area contributed by atoms with Crippen LogP contribution in [-0.2, 0) is 4.79 Å². The van der Waals surface area contributed by atoms with Crippen molar-refractivity contribution in [2.75, 3.05) is 11.1 Å². The molecule has 1 unspecified atom stereocenters. The molecule has 6 nitrogen and oxygen atoms in total. The number of carbonyl (C=O) groups excluding carboxylic acids is 1. The number of carbonyl (C=O) groups is 1. The lowest BCUT2D eigenvalue weighted by molar-refractivity contribution is -0.116. The summed E-state index contributed by atoms with van der Waals surface area (Å²) < 4.78 is 0. The Hall–Kier alpha value is -0.760. The number of hydrogen-bond acceptors (Lipinski definition) is 6. The monoisotopic (exact) mass is 273 g/mol. The van der Waals surface area contributed by atoms with Gasteiger partial charge in [-0.15, -0.1) is 5.10 Å². The van der Waals surface area contributed by atoms with Gasteiger partial charge < -0.3 is 0 Å². The van der Waals surface area contributed by atoms with E-state index in [1.807, 2.05) is 21.6 Å². The summed E-state index contributed by atoms with van der Waals surface area (Å²) >= 11 is 0. The second kappa shape index (κ2) is 6.85. The number of rotatable bonds is 6. The van der Waals surface area contributed by atoms with E-state index < -0.39 is 0 Å². The van der Waals surface area contributed by atoms with Gasteiger partial charge in [0.1, 0.15) is 0 Å². The third kappa shape index (κ3) is 4.55. The minimum absolute atomic E-state index is 0.0418. The first kappa shape index (κ1) is 12.7. The molecule has 1 fully saturated rings. The average Bonchev–Trinajstić information content (AvgIpc) is 2.96. The van der Waals surface area contributed by atoms with Crippen LogP contribution in [0, 0.1) is 0 Å². The Morgan fingerprint density at radius 3 is 3.18 bits per heavy atom. The Bertz CT molecular complexity index is 339. The number of aromatic nitrogens is 4. The second-order valence-corrected chi connectivity index (χ2v) is 6.65. The zero-order chi connectivity index (χ0) is 11.9. The zero-order valence-corrected chi connectivity index (χ0v) is 11.0. The topological polar surface area (TPSA) is 83.6 Å². The molecule has 1 aromatic heterocycles. The summed E-state index contributed by atoms with van der Waals surface area (Å²) in [6, 6.07) is 0. The molecule has 2 N–H and O–H groups in total. The van der Waals surface area contributed by atoms with E-state index in [1.54, 1.807) is 0 Å². The van der Waals surface area contributed by atoms with Crippen molar-refractivity contribution in [2.45, 2.75) is 37.4 Å². The van der Waals surface area contributed by atoms with Gasteiger partial charge in [0.15, 0.2) is 0 Å². The highest BCUT2D eigenvalue weighted by molar-refractivity contribution is 8.77. The van der Waals surface area contributed by atoms with Crippen LogP contribution in [0.4, 0.5) is 5.95 Å². The van der Waals surface area contributed by atoms with Crippen molar-refractivity contribution in [1.29, 1.82) is 0 Å². The van der Waals surface area contributed by atoms with Crippen molar-refractivity contribution in [2.24, 2.45) is 0 Å². The van der Waals surface area contributed by atoms with Gasteiger partial charge in [0.25, 0.3) is 5.95 Å². The fourth-order valence-electron chi connectivity index (χ4n) is 1.62. The quantitative estimate of drug-likeness (QED) is 0.608. The highest BCUT2D eigenvalue weighted by Crippen LogP contribution is 2.39. The number of tetrazole rings is 1. The van der Waals surface area contributed by atoms with Crippen molar-refractivity contribution < 1.29 is 4.79 Å². The first-order chi connectivity index (χ1) is 8.34. The molecule has 17 heavy (non-hydrogen) atoms. The maximum atomic E-state index is 11.5. The predicted octanol–water partition coefficient (Wildman–Crippen LogP) is 1.85. The molecule has 0 aromatic carbocycles. The summed E-state index contributed by atoms with van der Waals surface area (Å²) in [7, 11) is 3.95. The van der Waals surface area contributed by atoms with Gasteiger partial charge >= 0.3 is 0 Å². The van der Waals surface area contributed by atoms with E-state index in [1.165, 1.54) is 18.6 Å². The lowest BCUT2D eigenvalue weighted by Gasteiger charge is -2.06. The molecule has 0 aliphatic carbocycles. The van der Waals surface area contributed by atoms with Crippen molar-refractivity contribution in [1.82, 2.24) is 20.6 Å². The predicted molar refractivity (Wildman–Crippen MR) is 69.7 cm³/mol. The van der Waals surface area contributed by atoms with Crippen LogP contribution in [0.1, 0.15) is 32.1 Å². The van der Waals surface area contributed by atoms with Crippen molar-refractivity contribution >= 4 is 33.4 Å². The molecule has 0 bridgehead atoms. The number of aromatic amines is 1. The van der Waals surface area contributed by atoms with E-state index >= 15 is 0 Å². The van der Waals surface area contributed by atoms with Crippen LogP contribution in [0.5, 0.6) is 0 Å². The highest BCUT2D eigenvalue weighted by atomic mass is 33.1. The Balaban J connectivity index is 1.54. The largest absolute Gasteiger partial charge is 0.292 e. The number of anilines is 1. The lowest BCUT2D eigenvalue weighted by Crippen LogP contribution is -2.12. The van der Waals surface area contributed by atoms with E-state index in [4.69, 9.17) is 0 Å². The first-order valence-corrected chi connectivity index (χ1v) is 8.04. The molecule has 2 rings (SSSR count). The minimum atomic E-state index is -0.0418. The Kier molecular flexibility index (Phi) is 5.11. The molecule has 0 spiro atoms. The maximum Gasteiger partial charge on any atom is 0.269 e. The zero-order valence-electron chi connectivity index (χ0n) is 9.39. The normalized spacial score (nSPS) is 19.4. The summed E-state index contributed by atoms with van der Waals surface area (Å²) in [4.78, 5) is 11.5. The van der Waals surface area contributed by atoms with Crippen molar-refractivity contribution in [3.8, 4) is 0 Å². The fraction of sp³-hybridized carbons (Fsp3) is 0.778. The van der Waals surface area contributed by atoms with Crippen molar-refractivity contribution in [3.63, 3.8) is 0 Å². The van der Waals surface area contributed by atoms with E-state index in [2.05, 4.69) is 25.9 Å². The molecular weight excluding hydrogens is 258 g/mol. The number of nitrogens with one attached hydrogen (secondary N) is 2. The van der Waals surface area contributed by atoms with Crippen LogP contribution in [0.2, 0.25) is 0 Å². The van der Waals surface area contributed by atoms with Gasteiger partial charge in [-0.2, -0.15) is 5.21 Å². The lowest BCUT2D eigenvalue weighted by atomic mass is 10.1. The molecule has 94 valence electrons. The van der Waals surface area contributed by atoms with Crippen LogP contribution >= 0.6 is 21.6 Å². The average molecular weight is 273 g/mol. The van der Waals surface area contributed by atoms with Crippen molar-refractivity contribution in [3.05, 3.63) is 0 Å². The van der Waals surface area contributed by atoms with Gasteiger partial charge in [0, 0.05) is 17.4 Å². The summed E-state index contributed by atoms with van der Waals surface area (Å²) in [5, 5.41) is 16.4. The van der Waals surface area contributed by atoms with E-state index in [9.17, 15) is 4.79 Å². The molecular formula is C9H15N5OS2. The number of amides is 1. The molecule has 0 radical (unpaired) electrons. The third-order valence-corrected chi connectivity index (χ3v) is 5.51. The standard InChI is InChI=1S/C9H15N5OS2/c15-8(10-9-11-13-14-12-9)4-2-1-3-7-5-6-16-17-7/h7H,1-6H2,(H2,10,11,12,13,14,15). The highest BCUT2D eigenvalue weighted by Gasteiger charge is 2.15. The van der Waals surface area contributed by atoms with Crippen LogP contribution in [0.3, 0.4) is 0 Å². The van der Waals surface area contributed by atoms with Crippen LogP contribution in [-0.4, -0.2) is 37.5 Å². The Labute approximate surface area is 107 Å². The number of H-pyrrole nitrogens is 1. The van der Waals surface area contributed by atoms with Gasteiger partial charge in [0.2, 0.25) is 5.91 Å². The molecule has 2 heterocycles. The van der Waals surface area contributed by atoms with E-state index in [-0.39, 0.29) is 11.9 Å². The Morgan fingerprint density at radius 1 is 1.53 bits per heavy atom. The third-order valence-electron chi connectivity index (χ3n) is 2.50. The maximum absolute atomic E-state index is 11.5. The number of unbranched alkanes of at least 4 members (excludes halogenated alkanes) is 1. The molecule has 1 aromatic rings. The second-order valence-electron chi connectivity index (χ2n) is 3.86. The van der Waals surface area contributed by atoms with Gasteiger partial charge in [-0.25, -0.2) is 0 Å². The smallest absolute Gasteiger partial charge is 0.269 e. The molecule has 1 atom stereocenters. The summed E-state index contributed by atoms with van der Waals surface area (Å²) in [5.41, 5.74) is 0. The summed E-state index contributed by atoms with van der Waals surface area (Å²) in [5.74, 6) is 1.48. The molecule has 1 aliphatic heterocycles. The molecule has 8 heteroatoms. The van der Waals surface area contributed by atoms with Gasteiger partial charge in [-0.05, 0) is 24.5 Å². The van der Waals surface area contributed by atoms with Crippen LogP contribution in [0.15, 0.2) is 0 Å². The summed E-state index contributed by atoms with van der Waals surface area (Å²) in [6.07, 6.45) is 5.08. The summed E-state index contributed by atoms with van der Waals surface area (Å²) in [6.45, 7) is 0. The number of hydrogen-bond donors (Lipinski definition) is 2. The first-order valence-electron chi connectivity index (χ1n) is 5.66. The minimum Gasteiger partial charge on any atom is -0.292 e. The van der Waals surface area contributed by atoms with Crippen LogP contribution < -0.4 is 5.32 Å². The fourth-order valence-corrected chi connectivity index (χ4v) is 4.65. The number of nitrogens with zero attached hydrogens (tertiary/aromatic N) is 3. The molecule has 1 amide bonds. The molecule has 0 saturated carbocycles. The van der Waals surface area contributed by atoms with Gasteiger partial charge in [0.05, 0.1) is 0 Å². The van der Waals surface area contributed by atoms with Crippen LogP contribution in [0.25, 0.3) is 0 Å². The molecule has 1 saturated heterocycles. The van der Waals surface area contributed by atoms with Gasteiger partial charge in [-0.3, -0.25) is 10.1 Å². The van der Waals surface area contributed by atoms with E-state index in [0.717, 1.165) is 18.1 Å². The van der Waals surface area contributed by atoms with Gasteiger partial charge in [-0.1, -0.05) is 33.1 Å². The Morgan fingerprint density at radius 2 is 2.47 bits per heavy atom. The SMILES string of the molecule is O=C(CCCCC1CCSS1)Nc1nn[nH]n1. The molecule has 1 aliphatic rings.